The topological polar surface area (TPSA) is 64.9 Å². The zero-order valence-corrected chi connectivity index (χ0v) is 11.9. The highest BCUT2D eigenvalue weighted by Gasteiger charge is 2.14. The van der Waals surface area contributed by atoms with Crippen LogP contribution in [-0.4, -0.2) is 12.5 Å². The Kier molecular flexibility index (Phi) is 3.51. The maximum absolute atomic E-state index is 12.2. The van der Waals surface area contributed by atoms with Crippen molar-refractivity contribution < 1.29 is 4.79 Å². The fraction of sp³-hybridized carbons (Fsp3) is 0.125. The van der Waals surface area contributed by atoms with Gasteiger partial charge in [-0.15, -0.1) is 0 Å². The van der Waals surface area contributed by atoms with Crippen molar-refractivity contribution in [2.45, 2.75) is 6.42 Å². The summed E-state index contributed by atoms with van der Waals surface area (Å²) in [4.78, 5) is 12.2. The van der Waals surface area contributed by atoms with E-state index in [4.69, 9.17) is 16.9 Å². The van der Waals surface area contributed by atoms with Crippen molar-refractivity contribution >= 4 is 28.9 Å². The molecule has 5 heteroatoms. The molecule has 21 heavy (non-hydrogen) atoms. The Hall–Kier alpha value is -2.51. The van der Waals surface area contributed by atoms with Gasteiger partial charge in [-0.05, 0) is 48.4 Å². The van der Waals surface area contributed by atoms with Crippen LogP contribution in [0.15, 0.2) is 36.4 Å². The average molecular weight is 298 g/mol. The number of carbonyl (C=O) groups excluding carboxylic acids is 1. The van der Waals surface area contributed by atoms with E-state index >= 15 is 0 Å². The molecule has 0 aromatic heterocycles. The molecule has 4 nitrogen and oxygen atoms in total. The molecular weight excluding hydrogens is 286 g/mol. The van der Waals surface area contributed by atoms with Crippen molar-refractivity contribution in [3.8, 4) is 6.07 Å². The van der Waals surface area contributed by atoms with Crippen LogP contribution in [0.2, 0.25) is 5.02 Å². The van der Waals surface area contributed by atoms with E-state index in [1.54, 1.807) is 24.3 Å². The van der Waals surface area contributed by atoms with Gasteiger partial charge in [0.15, 0.2) is 0 Å². The Balaban J connectivity index is 1.80. The highest BCUT2D eigenvalue weighted by molar-refractivity contribution is 6.32. The highest BCUT2D eigenvalue weighted by Crippen LogP contribution is 2.24. The van der Waals surface area contributed by atoms with Crippen LogP contribution in [-0.2, 0) is 6.42 Å². The average Bonchev–Trinajstić information content (AvgIpc) is 2.94. The van der Waals surface area contributed by atoms with Gasteiger partial charge >= 0.3 is 0 Å². The lowest BCUT2D eigenvalue weighted by molar-refractivity contribution is 0.102. The monoisotopic (exact) mass is 297 g/mol. The van der Waals surface area contributed by atoms with Crippen LogP contribution in [0.1, 0.15) is 21.5 Å². The van der Waals surface area contributed by atoms with Gasteiger partial charge in [0.25, 0.3) is 5.91 Å². The molecule has 0 saturated carbocycles. The summed E-state index contributed by atoms with van der Waals surface area (Å²) in [6.45, 7) is 0.908. The molecule has 3 rings (SSSR count). The third-order valence-corrected chi connectivity index (χ3v) is 3.74. The molecule has 1 aliphatic rings. The van der Waals surface area contributed by atoms with Crippen LogP contribution in [0, 0.1) is 11.3 Å². The smallest absolute Gasteiger partial charge is 0.255 e. The van der Waals surface area contributed by atoms with E-state index in [2.05, 4.69) is 10.6 Å². The summed E-state index contributed by atoms with van der Waals surface area (Å²) in [7, 11) is 0. The minimum Gasteiger partial charge on any atom is -0.384 e. The first kappa shape index (κ1) is 13.5. The van der Waals surface area contributed by atoms with Crippen LogP contribution in [0.25, 0.3) is 0 Å². The van der Waals surface area contributed by atoms with E-state index in [0.29, 0.717) is 21.8 Å². The zero-order valence-electron chi connectivity index (χ0n) is 11.1. The van der Waals surface area contributed by atoms with Crippen molar-refractivity contribution in [3.63, 3.8) is 0 Å². The lowest BCUT2D eigenvalue weighted by Crippen LogP contribution is -2.12. The van der Waals surface area contributed by atoms with Gasteiger partial charge in [0.05, 0.1) is 10.6 Å². The van der Waals surface area contributed by atoms with Gasteiger partial charge in [0.2, 0.25) is 0 Å². The second-order valence-electron chi connectivity index (χ2n) is 4.81. The van der Waals surface area contributed by atoms with Gasteiger partial charge in [0.1, 0.15) is 6.07 Å². The lowest BCUT2D eigenvalue weighted by atomic mass is 10.1. The van der Waals surface area contributed by atoms with E-state index < -0.39 is 0 Å². The summed E-state index contributed by atoms with van der Waals surface area (Å²) < 4.78 is 0. The molecule has 0 bridgehead atoms. The number of nitriles is 1. The number of nitrogens with zero attached hydrogens (tertiary/aromatic N) is 1. The Morgan fingerprint density at radius 2 is 2.14 bits per heavy atom. The minimum atomic E-state index is -0.189. The predicted molar refractivity (Wildman–Crippen MR) is 82.8 cm³/mol. The first-order valence-electron chi connectivity index (χ1n) is 6.55. The van der Waals surface area contributed by atoms with Crippen LogP contribution in [0.3, 0.4) is 0 Å². The molecule has 0 saturated heterocycles. The number of amides is 1. The summed E-state index contributed by atoms with van der Waals surface area (Å²) in [6.07, 6.45) is 0.930. The second-order valence-corrected chi connectivity index (χ2v) is 5.22. The van der Waals surface area contributed by atoms with Crippen LogP contribution >= 0.6 is 11.6 Å². The maximum Gasteiger partial charge on any atom is 0.255 e. The van der Waals surface area contributed by atoms with Crippen molar-refractivity contribution in [2.24, 2.45) is 0 Å². The van der Waals surface area contributed by atoms with Crippen LogP contribution < -0.4 is 10.6 Å². The Morgan fingerprint density at radius 3 is 2.90 bits per heavy atom. The van der Waals surface area contributed by atoms with Crippen LogP contribution in [0.5, 0.6) is 0 Å². The first-order chi connectivity index (χ1) is 10.2. The molecule has 0 radical (unpaired) electrons. The number of hydrogen-bond acceptors (Lipinski definition) is 3. The van der Waals surface area contributed by atoms with Gasteiger partial charge in [-0.25, -0.2) is 0 Å². The second kappa shape index (κ2) is 5.47. The molecule has 104 valence electrons. The normalized spacial score (nSPS) is 12.2. The molecule has 0 aliphatic carbocycles. The van der Waals surface area contributed by atoms with Gasteiger partial charge in [-0.2, -0.15) is 5.26 Å². The summed E-state index contributed by atoms with van der Waals surface area (Å²) in [5.41, 5.74) is 3.81. The van der Waals surface area contributed by atoms with E-state index in [1.165, 1.54) is 0 Å². The summed E-state index contributed by atoms with van der Waals surface area (Å²) >= 11 is 5.95. The molecule has 2 aromatic carbocycles. The number of benzene rings is 2. The van der Waals surface area contributed by atoms with E-state index in [9.17, 15) is 4.79 Å². The number of anilines is 2. The molecule has 0 spiro atoms. The number of nitrogens with one attached hydrogen (secondary N) is 2. The molecule has 2 N–H and O–H groups in total. The fourth-order valence-electron chi connectivity index (χ4n) is 2.33. The Labute approximate surface area is 127 Å². The van der Waals surface area contributed by atoms with Crippen molar-refractivity contribution in [1.82, 2.24) is 0 Å². The summed E-state index contributed by atoms with van der Waals surface area (Å²) in [6, 6.07) is 12.4. The molecule has 1 aliphatic heterocycles. The standard InChI is InChI=1S/C16H12ClN3O/c17-14-8-13(3-1-12(14)9-18)20-16(21)11-2-4-15-10(7-11)5-6-19-15/h1-4,7-8,19H,5-6H2,(H,20,21). The maximum atomic E-state index is 12.2. The molecule has 1 amide bonds. The Morgan fingerprint density at radius 1 is 1.29 bits per heavy atom. The number of carbonyl (C=O) groups is 1. The molecular formula is C16H12ClN3O. The quantitative estimate of drug-likeness (QED) is 0.892. The van der Waals surface area contributed by atoms with Gasteiger partial charge in [0, 0.05) is 23.5 Å². The molecule has 1 heterocycles. The third kappa shape index (κ3) is 2.69. The number of halogens is 1. The summed E-state index contributed by atoms with van der Waals surface area (Å²) in [5, 5.41) is 15.2. The minimum absolute atomic E-state index is 0.189. The zero-order chi connectivity index (χ0) is 14.8. The largest absolute Gasteiger partial charge is 0.384 e. The van der Waals surface area contributed by atoms with E-state index in [0.717, 1.165) is 24.2 Å². The predicted octanol–water partition coefficient (Wildman–Crippen LogP) is 3.43. The first-order valence-corrected chi connectivity index (χ1v) is 6.93. The molecule has 0 fully saturated rings. The Bertz CT molecular complexity index is 765. The van der Waals surface area contributed by atoms with Gasteiger partial charge in [-0.3, -0.25) is 4.79 Å². The third-order valence-electron chi connectivity index (χ3n) is 3.42. The number of fused-ring (bicyclic) bond motifs is 1. The summed E-state index contributed by atoms with van der Waals surface area (Å²) in [5.74, 6) is -0.189. The fourth-order valence-corrected chi connectivity index (χ4v) is 2.56. The molecule has 2 aromatic rings. The number of hydrogen-bond donors (Lipinski definition) is 2. The van der Waals surface area contributed by atoms with Crippen molar-refractivity contribution in [3.05, 3.63) is 58.1 Å². The highest BCUT2D eigenvalue weighted by atomic mass is 35.5. The number of rotatable bonds is 2. The van der Waals surface area contributed by atoms with Gasteiger partial charge < -0.3 is 10.6 Å². The molecule has 0 unspecified atom stereocenters. The van der Waals surface area contributed by atoms with E-state index in [1.807, 2.05) is 18.2 Å². The van der Waals surface area contributed by atoms with Crippen molar-refractivity contribution in [2.75, 3.05) is 17.2 Å². The van der Waals surface area contributed by atoms with Crippen LogP contribution in [0.4, 0.5) is 11.4 Å². The molecule has 0 atom stereocenters. The lowest BCUT2D eigenvalue weighted by Gasteiger charge is -2.08. The van der Waals surface area contributed by atoms with Crippen molar-refractivity contribution in [1.29, 1.82) is 5.26 Å². The van der Waals surface area contributed by atoms with E-state index in [-0.39, 0.29) is 5.91 Å². The van der Waals surface area contributed by atoms with Gasteiger partial charge in [-0.1, -0.05) is 11.6 Å². The SMILES string of the molecule is N#Cc1ccc(NC(=O)c2ccc3c(c2)CCN3)cc1Cl.